The summed E-state index contributed by atoms with van der Waals surface area (Å²) >= 11 is 0. The fourth-order valence-electron chi connectivity index (χ4n) is 1.77. The Labute approximate surface area is 113 Å². The van der Waals surface area contributed by atoms with E-state index in [-0.39, 0.29) is 0 Å². The normalized spacial score (nSPS) is 11.1. The molecule has 0 atom stereocenters. The molecule has 0 bridgehead atoms. The molecule has 19 heavy (non-hydrogen) atoms. The van der Waals surface area contributed by atoms with Crippen LogP contribution in [0.1, 0.15) is 25.2 Å². The minimum absolute atomic E-state index is 0.469. The number of benzene rings is 1. The number of hydrogen-bond acceptors (Lipinski definition) is 4. The molecule has 0 aliphatic carbocycles. The second kappa shape index (κ2) is 6.33. The monoisotopic (exact) mass is 260 g/mol. The van der Waals surface area contributed by atoms with Crippen molar-refractivity contribution in [2.24, 2.45) is 5.92 Å². The van der Waals surface area contributed by atoms with E-state index in [4.69, 9.17) is 10.5 Å². The van der Waals surface area contributed by atoms with E-state index in [1.54, 1.807) is 6.33 Å². The van der Waals surface area contributed by atoms with Gasteiger partial charge in [0.15, 0.2) is 5.82 Å². The molecule has 2 N–H and O–H groups in total. The first-order valence-corrected chi connectivity index (χ1v) is 6.44. The predicted molar refractivity (Wildman–Crippen MR) is 74.2 cm³/mol. The van der Waals surface area contributed by atoms with Gasteiger partial charge in [-0.1, -0.05) is 26.0 Å². The van der Waals surface area contributed by atoms with Crippen LogP contribution in [0.15, 0.2) is 30.6 Å². The minimum atomic E-state index is 0.469. The van der Waals surface area contributed by atoms with Gasteiger partial charge in [-0.05, 0) is 23.6 Å². The summed E-state index contributed by atoms with van der Waals surface area (Å²) in [6.07, 6.45) is 1.57. The second-order valence-corrected chi connectivity index (χ2v) is 4.99. The fourth-order valence-corrected chi connectivity index (χ4v) is 1.77. The van der Waals surface area contributed by atoms with Gasteiger partial charge in [0.25, 0.3) is 0 Å². The van der Waals surface area contributed by atoms with Gasteiger partial charge in [-0.15, -0.1) is 0 Å². The van der Waals surface area contributed by atoms with Crippen LogP contribution in [0.4, 0.5) is 5.69 Å². The van der Waals surface area contributed by atoms with Crippen molar-refractivity contribution in [1.29, 1.82) is 0 Å². The van der Waals surface area contributed by atoms with E-state index in [9.17, 15) is 0 Å². The molecule has 102 valence electrons. The number of ether oxygens (including phenoxy) is 1. The first-order chi connectivity index (χ1) is 9.15. The molecule has 0 amide bonds. The summed E-state index contributed by atoms with van der Waals surface area (Å²) in [4.78, 5) is 4.22. The van der Waals surface area contributed by atoms with Crippen LogP contribution < -0.4 is 5.73 Å². The van der Waals surface area contributed by atoms with E-state index in [0.29, 0.717) is 19.1 Å². The molecule has 5 heteroatoms. The Hall–Kier alpha value is -1.88. The molecule has 0 saturated carbocycles. The lowest BCUT2D eigenvalue weighted by Gasteiger charge is -2.09. The lowest BCUT2D eigenvalue weighted by molar-refractivity contribution is 0.0979. The Balaban J connectivity index is 1.85. The van der Waals surface area contributed by atoms with E-state index in [2.05, 4.69) is 23.9 Å². The molecule has 1 heterocycles. The third kappa shape index (κ3) is 4.06. The van der Waals surface area contributed by atoms with Gasteiger partial charge in [-0.2, -0.15) is 5.10 Å². The molecule has 2 aromatic rings. The van der Waals surface area contributed by atoms with Crippen molar-refractivity contribution in [2.75, 3.05) is 5.73 Å². The van der Waals surface area contributed by atoms with Crippen LogP contribution in [0.25, 0.3) is 0 Å². The predicted octanol–water partition coefficient (Wildman–Crippen LogP) is 2.23. The SMILES string of the molecule is CC(C)Cn1ncnc1COCc1ccc(N)cc1. The number of nitrogen functional groups attached to an aromatic ring is 1. The largest absolute Gasteiger partial charge is 0.399 e. The molecule has 0 radical (unpaired) electrons. The number of hydrogen-bond donors (Lipinski definition) is 1. The van der Waals surface area contributed by atoms with Crippen LogP contribution in [0.5, 0.6) is 0 Å². The van der Waals surface area contributed by atoms with Crippen molar-refractivity contribution in [3.8, 4) is 0 Å². The van der Waals surface area contributed by atoms with Crippen molar-refractivity contribution in [3.63, 3.8) is 0 Å². The average Bonchev–Trinajstić information content (AvgIpc) is 2.78. The molecule has 1 aromatic heterocycles. The van der Waals surface area contributed by atoms with Gasteiger partial charge in [-0.3, -0.25) is 0 Å². The number of anilines is 1. The highest BCUT2D eigenvalue weighted by molar-refractivity contribution is 5.39. The Morgan fingerprint density at radius 3 is 2.63 bits per heavy atom. The first-order valence-electron chi connectivity index (χ1n) is 6.44. The van der Waals surface area contributed by atoms with Gasteiger partial charge in [0.05, 0.1) is 6.61 Å². The van der Waals surface area contributed by atoms with E-state index in [0.717, 1.165) is 23.6 Å². The van der Waals surface area contributed by atoms with Gasteiger partial charge in [0.2, 0.25) is 0 Å². The number of nitrogens with two attached hydrogens (primary N) is 1. The Morgan fingerprint density at radius 1 is 1.21 bits per heavy atom. The molecule has 2 rings (SSSR count). The summed E-state index contributed by atoms with van der Waals surface area (Å²) in [5, 5.41) is 4.20. The number of rotatable bonds is 6. The molecule has 0 spiro atoms. The quantitative estimate of drug-likeness (QED) is 0.809. The van der Waals surface area contributed by atoms with E-state index >= 15 is 0 Å². The Kier molecular flexibility index (Phi) is 4.52. The van der Waals surface area contributed by atoms with Crippen LogP contribution in [0, 0.1) is 5.92 Å². The molecular weight excluding hydrogens is 240 g/mol. The zero-order valence-electron chi connectivity index (χ0n) is 11.4. The topological polar surface area (TPSA) is 66.0 Å². The van der Waals surface area contributed by atoms with Crippen LogP contribution in [-0.4, -0.2) is 14.8 Å². The zero-order chi connectivity index (χ0) is 13.7. The summed E-state index contributed by atoms with van der Waals surface area (Å²) < 4.78 is 7.56. The van der Waals surface area contributed by atoms with Crippen LogP contribution in [0.2, 0.25) is 0 Å². The maximum absolute atomic E-state index is 5.66. The summed E-state index contributed by atoms with van der Waals surface area (Å²) in [7, 11) is 0. The zero-order valence-corrected chi connectivity index (χ0v) is 11.4. The molecule has 0 fully saturated rings. The molecule has 0 unspecified atom stereocenters. The van der Waals surface area contributed by atoms with Crippen molar-refractivity contribution in [2.45, 2.75) is 33.6 Å². The van der Waals surface area contributed by atoms with E-state index in [1.165, 1.54) is 0 Å². The molecule has 0 aliphatic heterocycles. The van der Waals surface area contributed by atoms with Gasteiger partial charge in [0.1, 0.15) is 12.9 Å². The van der Waals surface area contributed by atoms with Crippen LogP contribution in [0.3, 0.4) is 0 Å². The molecule has 0 aliphatic rings. The second-order valence-electron chi connectivity index (χ2n) is 4.99. The lowest BCUT2D eigenvalue weighted by Crippen LogP contribution is -2.11. The van der Waals surface area contributed by atoms with Crippen molar-refractivity contribution in [3.05, 3.63) is 42.0 Å². The van der Waals surface area contributed by atoms with Gasteiger partial charge in [0, 0.05) is 12.2 Å². The number of aromatic nitrogens is 3. The highest BCUT2D eigenvalue weighted by Gasteiger charge is 2.06. The van der Waals surface area contributed by atoms with Crippen molar-refractivity contribution in [1.82, 2.24) is 14.8 Å². The fraction of sp³-hybridized carbons (Fsp3) is 0.429. The summed E-state index contributed by atoms with van der Waals surface area (Å²) in [5.41, 5.74) is 7.50. The molecule has 0 saturated heterocycles. The molecule has 1 aromatic carbocycles. The lowest BCUT2D eigenvalue weighted by atomic mass is 10.2. The Morgan fingerprint density at radius 2 is 1.95 bits per heavy atom. The van der Waals surface area contributed by atoms with Gasteiger partial charge < -0.3 is 10.5 Å². The maximum Gasteiger partial charge on any atom is 0.152 e. The van der Waals surface area contributed by atoms with Gasteiger partial charge >= 0.3 is 0 Å². The smallest absolute Gasteiger partial charge is 0.152 e. The van der Waals surface area contributed by atoms with E-state index in [1.807, 2.05) is 28.9 Å². The average molecular weight is 260 g/mol. The summed E-state index contributed by atoms with van der Waals surface area (Å²) in [6.45, 7) is 6.19. The van der Waals surface area contributed by atoms with Crippen LogP contribution >= 0.6 is 0 Å². The third-order valence-electron chi connectivity index (χ3n) is 2.71. The van der Waals surface area contributed by atoms with E-state index < -0.39 is 0 Å². The summed E-state index contributed by atoms with van der Waals surface area (Å²) in [5.74, 6) is 1.40. The van der Waals surface area contributed by atoms with Crippen molar-refractivity contribution >= 4 is 5.69 Å². The highest BCUT2D eigenvalue weighted by atomic mass is 16.5. The van der Waals surface area contributed by atoms with Crippen molar-refractivity contribution < 1.29 is 4.74 Å². The van der Waals surface area contributed by atoms with Crippen LogP contribution in [-0.2, 0) is 24.5 Å². The molecular formula is C14H20N4O. The molecule has 5 nitrogen and oxygen atoms in total. The van der Waals surface area contributed by atoms with Gasteiger partial charge in [-0.25, -0.2) is 9.67 Å². The maximum atomic E-state index is 5.66. The highest BCUT2D eigenvalue weighted by Crippen LogP contribution is 2.08. The Bertz CT molecular complexity index is 504. The standard InChI is InChI=1S/C14H20N4O/c1-11(2)7-18-14(16-10-17-18)9-19-8-12-3-5-13(15)6-4-12/h3-6,10-11H,7-9,15H2,1-2H3. The third-order valence-corrected chi connectivity index (χ3v) is 2.71. The number of nitrogens with zero attached hydrogens (tertiary/aromatic N) is 3. The summed E-state index contributed by atoms with van der Waals surface area (Å²) in [6, 6.07) is 7.68. The first kappa shape index (κ1) is 13.5. The minimum Gasteiger partial charge on any atom is -0.399 e.